The summed E-state index contributed by atoms with van der Waals surface area (Å²) in [6.07, 6.45) is -6.17. The third-order valence-electron chi connectivity index (χ3n) is 3.26. The van der Waals surface area contributed by atoms with Gasteiger partial charge in [-0.2, -0.15) is 18.2 Å². The highest BCUT2D eigenvalue weighted by Gasteiger charge is 2.31. The number of aromatic nitrogens is 3. The summed E-state index contributed by atoms with van der Waals surface area (Å²) in [6.45, 7) is 1.44. The number of carbonyl (C=O) groups is 1. The van der Waals surface area contributed by atoms with Crippen LogP contribution in [0.1, 0.15) is 11.3 Å². The number of carboxylic acid groups (broad SMARTS) is 1. The van der Waals surface area contributed by atoms with Crippen molar-refractivity contribution in [3.63, 3.8) is 0 Å². The van der Waals surface area contributed by atoms with Crippen molar-refractivity contribution in [3.8, 4) is 5.88 Å². The van der Waals surface area contributed by atoms with E-state index in [9.17, 15) is 22.8 Å². The highest BCUT2D eigenvalue weighted by atomic mass is 19.4. The van der Waals surface area contributed by atoms with E-state index in [0.29, 0.717) is 0 Å². The van der Waals surface area contributed by atoms with Crippen molar-refractivity contribution in [1.29, 1.82) is 0 Å². The monoisotopic (exact) mass is 327 g/mol. The highest BCUT2D eigenvalue weighted by molar-refractivity contribution is 5.79. The Morgan fingerprint density at radius 1 is 1.39 bits per heavy atom. The lowest BCUT2D eigenvalue weighted by Crippen LogP contribution is -2.12. The van der Waals surface area contributed by atoms with Crippen LogP contribution in [0.2, 0.25) is 0 Å². The number of rotatable bonds is 1. The Hall–Kier alpha value is -3.04. The van der Waals surface area contributed by atoms with Gasteiger partial charge in [0.2, 0.25) is 11.5 Å². The average molecular weight is 327 g/mol. The Morgan fingerprint density at radius 3 is 2.70 bits per heavy atom. The first kappa shape index (κ1) is 14.9. The van der Waals surface area contributed by atoms with Crippen LogP contribution in [-0.2, 0) is 6.18 Å². The van der Waals surface area contributed by atoms with E-state index in [1.165, 1.54) is 17.4 Å². The zero-order valence-electron chi connectivity index (χ0n) is 11.4. The molecule has 0 bridgehead atoms. The van der Waals surface area contributed by atoms with Crippen molar-refractivity contribution in [1.82, 2.24) is 14.4 Å². The number of hydrogen-bond acceptors (Lipinski definition) is 4. The molecule has 0 amide bonds. The van der Waals surface area contributed by atoms with Crippen LogP contribution in [0.25, 0.3) is 16.7 Å². The number of hydrogen-bond donors (Lipinski definition) is 2. The van der Waals surface area contributed by atoms with Gasteiger partial charge in [0.15, 0.2) is 0 Å². The lowest BCUT2D eigenvalue weighted by molar-refractivity contribution is -0.137. The third-order valence-corrected chi connectivity index (χ3v) is 3.26. The van der Waals surface area contributed by atoms with E-state index in [1.807, 2.05) is 0 Å². The molecule has 10 heteroatoms. The third kappa shape index (κ3) is 2.37. The highest BCUT2D eigenvalue weighted by Crippen LogP contribution is 2.31. The molecule has 0 atom stereocenters. The first-order valence-corrected chi connectivity index (χ1v) is 6.21. The summed E-state index contributed by atoms with van der Waals surface area (Å²) in [5, 5.41) is 8.64. The Kier molecular flexibility index (Phi) is 3.06. The molecule has 23 heavy (non-hydrogen) atoms. The molecular formula is C13H8F3N3O4. The molecule has 3 rings (SSSR count). The largest absolute Gasteiger partial charge is 0.512 e. The molecule has 120 valence electrons. The van der Waals surface area contributed by atoms with E-state index in [1.54, 1.807) is 0 Å². The molecule has 0 spiro atoms. The number of halogens is 3. The molecule has 0 saturated heterocycles. The molecule has 1 aromatic carbocycles. The van der Waals surface area contributed by atoms with Crippen molar-refractivity contribution in [2.24, 2.45) is 0 Å². The Morgan fingerprint density at radius 2 is 2.09 bits per heavy atom. The number of nitrogens with one attached hydrogen (secondary N) is 1. The predicted molar refractivity (Wildman–Crippen MR) is 71.7 cm³/mol. The molecule has 0 saturated carbocycles. The molecule has 0 fully saturated rings. The number of aryl methyl sites for hydroxylation is 1. The number of nitrogens with zero attached hydrogens (tertiary/aromatic N) is 2. The average Bonchev–Trinajstić information content (AvgIpc) is 2.75. The van der Waals surface area contributed by atoms with E-state index in [0.717, 1.165) is 12.1 Å². The Bertz CT molecular complexity index is 1000. The summed E-state index contributed by atoms with van der Waals surface area (Å²) in [4.78, 5) is 28.7. The molecule has 2 N–H and O–H groups in total. The zero-order valence-corrected chi connectivity index (χ0v) is 11.4. The maximum atomic E-state index is 12.8. The second-order valence-electron chi connectivity index (χ2n) is 4.71. The minimum Gasteiger partial charge on any atom is -0.449 e. The number of aromatic amines is 1. The number of ether oxygens (including phenoxy) is 1. The quantitative estimate of drug-likeness (QED) is 0.670. The fraction of sp³-hybridized carbons (Fsp3) is 0.154. The first-order chi connectivity index (χ1) is 10.7. The molecule has 2 heterocycles. The number of alkyl halides is 3. The van der Waals surface area contributed by atoms with E-state index in [4.69, 9.17) is 5.11 Å². The fourth-order valence-electron chi connectivity index (χ4n) is 2.29. The van der Waals surface area contributed by atoms with E-state index < -0.39 is 23.5 Å². The summed E-state index contributed by atoms with van der Waals surface area (Å²) < 4.78 is 44.0. The SMILES string of the molecule is Cc1c(OC(=O)O)nc2c(=O)[nH]c3cc(C(F)(F)F)ccc3n12. The van der Waals surface area contributed by atoms with Crippen molar-refractivity contribution in [2.75, 3.05) is 0 Å². The lowest BCUT2D eigenvalue weighted by atomic mass is 10.2. The first-order valence-electron chi connectivity index (χ1n) is 6.21. The zero-order chi connectivity index (χ0) is 16.9. The maximum Gasteiger partial charge on any atom is 0.512 e. The summed E-state index contributed by atoms with van der Waals surface area (Å²) in [7, 11) is 0. The molecule has 0 aliphatic rings. The Balaban J connectivity index is 2.36. The van der Waals surface area contributed by atoms with Crippen LogP contribution >= 0.6 is 0 Å². The van der Waals surface area contributed by atoms with Crippen LogP contribution in [0.4, 0.5) is 18.0 Å². The number of imidazole rings is 1. The second kappa shape index (κ2) is 4.73. The molecule has 0 aliphatic carbocycles. The van der Waals surface area contributed by atoms with Gasteiger partial charge in [0.25, 0.3) is 5.56 Å². The maximum absolute atomic E-state index is 12.8. The van der Waals surface area contributed by atoms with E-state index in [-0.39, 0.29) is 28.3 Å². The van der Waals surface area contributed by atoms with Gasteiger partial charge in [-0.3, -0.25) is 9.20 Å². The normalized spacial score (nSPS) is 12.0. The van der Waals surface area contributed by atoms with E-state index in [2.05, 4.69) is 14.7 Å². The fourth-order valence-corrected chi connectivity index (χ4v) is 2.29. The van der Waals surface area contributed by atoms with Crippen LogP contribution in [-0.4, -0.2) is 25.6 Å². The van der Waals surface area contributed by atoms with Gasteiger partial charge < -0.3 is 14.8 Å². The topological polar surface area (TPSA) is 96.7 Å². The van der Waals surface area contributed by atoms with Crippen molar-refractivity contribution < 1.29 is 27.8 Å². The van der Waals surface area contributed by atoms with Crippen molar-refractivity contribution >= 4 is 22.8 Å². The van der Waals surface area contributed by atoms with Gasteiger partial charge in [0, 0.05) is 0 Å². The number of benzene rings is 1. The van der Waals surface area contributed by atoms with Gasteiger partial charge in [-0.1, -0.05) is 0 Å². The van der Waals surface area contributed by atoms with Crippen molar-refractivity contribution in [2.45, 2.75) is 13.1 Å². The molecule has 0 aliphatic heterocycles. The summed E-state index contributed by atoms with van der Waals surface area (Å²) in [5.41, 5.74) is -1.50. The minimum atomic E-state index is -4.55. The summed E-state index contributed by atoms with van der Waals surface area (Å²) >= 11 is 0. The van der Waals surface area contributed by atoms with Crippen LogP contribution in [0.5, 0.6) is 5.88 Å². The van der Waals surface area contributed by atoms with Crippen LogP contribution < -0.4 is 10.3 Å². The van der Waals surface area contributed by atoms with Gasteiger partial charge in [-0.25, -0.2) is 4.79 Å². The smallest absolute Gasteiger partial charge is 0.449 e. The van der Waals surface area contributed by atoms with Gasteiger partial charge in [-0.05, 0) is 25.1 Å². The second-order valence-corrected chi connectivity index (χ2v) is 4.71. The van der Waals surface area contributed by atoms with Crippen molar-refractivity contribution in [3.05, 3.63) is 39.8 Å². The standard InChI is InChI=1S/C13H8F3N3O4/c1-5-11(23-12(21)22)18-9-10(20)17-7-4-6(13(14,15)16)2-3-8(7)19(5)9/h2-4H,1H3,(H,17,20)(H,21,22). The summed E-state index contributed by atoms with van der Waals surface area (Å²) in [5.74, 6) is -0.310. The lowest BCUT2D eigenvalue weighted by Gasteiger charge is -2.09. The molecular weight excluding hydrogens is 319 g/mol. The van der Waals surface area contributed by atoms with Crippen LogP contribution in [0.15, 0.2) is 23.0 Å². The molecule has 0 radical (unpaired) electrons. The number of fused-ring (bicyclic) bond motifs is 3. The van der Waals surface area contributed by atoms with Crippen LogP contribution in [0.3, 0.4) is 0 Å². The van der Waals surface area contributed by atoms with Gasteiger partial charge >= 0.3 is 12.3 Å². The van der Waals surface area contributed by atoms with Gasteiger partial charge in [0.1, 0.15) is 0 Å². The van der Waals surface area contributed by atoms with Crippen LogP contribution in [0, 0.1) is 6.92 Å². The molecule has 0 unspecified atom stereocenters. The predicted octanol–water partition coefficient (Wildman–Crippen LogP) is 2.56. The molecule has 2 aromatic heterocycles. The molecule has 3 aromatic rings. The minimum absolute atomic E-state index is 0.0558. The van der Waals surface area contributed by atoms with E-state index >= 15 is 0 Å². The number of H-pyrrole nitrogens is 1. The Labute approximate surface area is 124 Å². The van der Waals surface area contributed by atoms with Gasteiger partial charge in [0.05, 0.1) is 22.3 Å². The van der Waals surface area contributed by atoms with Gasteiger partial charge in [-0.15, -0.1) is 0 Å². The molecule has 7 nitrogen and oxygen atoms in total. The summed E-state index contributed by atoms with van der Waals surface area (Å²) in [6, 6.07) is 2.82.